The molecule has 3 rings (SSSR count). The average Bonchev–Trinajstić information content (AvgIpc) is 2.91. The van der Waals surface area contributed by atoms with E-state index in [0.29, 0.717) is 6.04 Å². The van der Waals surface area contributed by atoms with E-state index in [1.165, 1.54) is 24.1 Å². The van der Waals surface area contributed by atoms with Crippen molar-refractivity contribution in [2.24, 2.45) is 5.73 Å². The zero-order chi connectivity index (χ0) is 15.0. The van der Waals surface area contributed by atoms with Crippen LogP contribution in [0.25, 0.3) is 0 Å². The molecule has 0 amide bonds. The molecule has 3 N–H and O–H groups in total. The van der Waals surface area contributed by atoms with Gasteiger partial charge in [0.1, 0.15) is 11.7 Å². The van der Waals surface area contributed by atoms with Gasteiger partial charge < -0.3 is 15.4 Å². The summed E-state index contributed by atoms with van der Waals surface area (Å²) in [6.45, 7) is 2.89. The number of rotatable bonds is 3. The number of nitrogen functional groups attached to an aromatic ring is 1. The molecule has 0 aromatic carbocycles. The highest BCUT2D eigenvalue weighted by atomic mass is 16.5. The molecule has 2 aliphatic rings. The number of hydrogen-bond acceptors (Lipinski definition) is 4. The van der Waals surface area contributed by atoms with Gasteiger partial charge in [0.2, 0.25) is 0 Å². The number of nitrogens with one attached hydrogen (secondary N) is 1. The summed E-state index contributed by atoms with van der Waals surface area (Å²) in [5.41, 5.74) is 9.01. The molecular formula is C16H24N4O. The van der Waals surface area contributed by atoms with Gasteiger partial charge in [-0.3, -0.25) is 5.41 Å². The summed E-state index contributed by atoms with van der Waals surface area (Å²) >= 11 is 0. The molecule has 21 heavy (non-hydrogen) atoms. The van der Waals surface area contributed by atoms with Gasteiger partial charge in [0.05, 0.1) is 17.7 Å². The minimum Gasteiger partial charge on any atom is -0.384 e. The molecule has 2 heterocycles. The van der Waals surface area contributed by atoms with Gasteiger partial charge in [-0.15, -0.1) is 0 Å². The Hall–Kier alpha value is -1.62. The van der Waals surface area contributed by atoms with Crippen LogP contribution in [0.3, 0.4) is 0 Å². The van der Waals surface area contributed by atoms with Crippen molar-refractivity contribution in [1.29, 1.82) is 5.41 Å². The highest BCUT2D eigenvalue weighted by Crippen LogP contribution is 2.29. The Kier molecular flexibility index (Phi) is 3.85. The summed E-state index contributed by atoms with van der Waals surface area (Å²) in [7, 11) is 2.04. The van der Waals surface area contributed by atoms with Crippen LogP contribution >= 0.6 is 0 Å². The monoisotopic (exact) mass is 288 g/mol. The largest absolute Gasteiger partial charge is 0.384 e. The number of amidine groups is 1. The third-order valence-corrected chi connectivity index (χ3v) is 4.74. The Labute approximate surface area is 126 Å². The first-order chi connectivity index (χ1) is 10.1. The van der Waals surface area contributed by atoms with E-state index in [-0.39, 0.29) is 11.9 Å². The number of fused-ring (bicyclic) bond motifs is 1. The summed E-state index contributed by atoms with van der Waals surface area (Å²) in [5, 5.41) is 7.89. The van der Waals surface area contributed by atoms with Gasteiger partial charge in [0.25, 0.3) is 0 Å². The number of ether oxygens (including phenoxy) is 1. The molecule has 1 aromatic heterocycles. The number of nitrogens with two attached hydrogens (primary N) is 1. The van der Waals surface area contributed by atoms with Gasteiger partial charge in [0, 0.05) is 19.3 Å². The fourth-order valence-corrected chi connectivity index (χ4v) is 3.48. The minimum atomic E-state index is 0.101. The molecule has 0 bridgehead atoms. The van der Waals surface area contributed by atoms with E-state index < -0.39 is 0 Å². The van der Waals surface area contributed by atoms with Crippen molar-refractivity contribution in [2.45, 2.75) is 51.2 Å². The lowest BCUT2D eigenvalue weighted by Crippen LogP contribution is -2.39. The quantitative estimate of drug-likeness (QED) is 0.657. The highest BCUT2D eigenvalue weighted by molar-refractivity contribution is 6.00. The van der Waals surface area contributed by atoms with E-state index >= 15 is 0 Å². The molecule has 0 radical (unpaired) electrons. The Morgan fingerprint density at radius 1 is 1.43 bits per heavy atom. The van der Waals surface area contributed by atoms with Crippen LogP contribution in [0.4, 0.5) is 5.82 Å². The van der Waals surface area contributed by atoms with Crippen molar-refractivity contribution in [2.75, 3.05) is 18.6 Å². The van der Waals surface area contributed by atoms with Crippen LogP contribution in [0.15, 0.2) is 6.07 Å². The number of anilines is 1. The zero-order valence-corrected chi connectivity index (χ0v) is 12.9. The molecule has 1 aromatic rings. The van der Waals surface area contributed by atoms with Gasteiger partial charge in [0.15, 0.2) is 0 Å². The molecule has 114 valence electrons. The molecule has 5 heteroatoms. The van der Waals surface area contributed by atoms with Gasteiger partial charge in [-0.25, -0.2) is 4.98 Å². The van der Waals surface area contributed by atoms with E-state index in [9.17, 15) is 0 Å². The van der Waals surface area contributed by atoms with Crippen molar-refractivity contribution in [3.8, 4) is 0 Å². The normalized spacial score (nSPS) is 24.7. The Bertz CT molecular complexity index is 557. The molecule has 1 aliphatic heterocycles. The van der Waals surface area contributed by atoms with E-state index in [4.69, 9.17) is 20.9 Å². The maximum absolute atomic E-state index is 7.89. The molecule has 5 nitrogen and oxygen atoms in total. The van der Waals surface area contributed by atoms with Crippen molar-refractivity contribution < 1.29 is 4.74 Å². The van der Waals surface area contributed by atoms with Crippen molar-refractivity contribution >= 4 is 11.7 Å². The second-order valence-corrected chi connectivity index (χ2v) is 6.13. The maximum atomic E-state index is 7.89. The van der Waals surface area contributed by atoms with Crippen LogP contribution < -0.4 is 10.6 Å². The summed E-state index contributed by atoms with van der Waals surface area (Å²) < 4.78 is 5.67. The summed E-state index contributed by atoms with van der Waals surface area (Å²) in [6, 6.07) is 2.38. The second-order valence-electron chi connectivity index (χ2n) is 6.13. The summed E-state index contributed by atoms with van der Waals surface area (Å²) in [6.07, 6.45) is 5.67. The van der Waals surface area contributed by atoms with E-state index in [0.717, 1.165) is 37.3 Å². The van der Waals surface area contributed by atoms with E-state index in [1.54, 1.807) is 0 Å². The number of aryl methyl sites for hydroxylation is 2. The number of nitrogens with zero attached hydrogens (tertiary/aromatic N) is 2. The van der Waals surface area contributed by atoms with Crippen molar-refractivity contribution in [3.63, 3.8) is 0 Å². The average molecular weight is 288 g/mol. The van der Waals surface area contributed by atoms with Gasteiger partial charge in [-0.1, -0.05) is 0 Å². The Balaban J connectivity index is 2.01. The van der Waals surface area contributed by atoms with E-state index in [1.807, 2.05) is 7.05 Å². The molecule has 2 atom stereocenters. The number of hydrogen-bond donors (Lipinski definition) is 2. The third-order valence-electron chi connectivity index (χ3n) is 4.74. The first-order valence-electron chi connectivity index (χ1n) is 7.79. The molecule has 1 fully saturated rings. The lowest BCUT2D eigenvalue weighted by molar-refractivity contribution is 0.118. The molecular weight excluding hydrogens is 264 g/mol. The predicted octanol–water partition coefficient (Wildman–Crippen LogP) is 1.86. The number of aromatic nitrogens is 1. The van der Waals surface area contributed by atoms with Crippen LogP contribution in [-0.2, 0) is 17.6 Å². The topological polar surface area (TPSA) is 75.2 Å². The molecule has 1 saturated heterocycles. The van der Waals surface area contributed by atoms with Crippen LogP contribution in [0, 0.1) is 5.41 Å². The Morgan fingerprint density at radius 2 is 2.19 bits per heavy atom. The SMILES string of the molecule is CC1OCCC1N(C)c1nc2c(cc1C(=N)N)CCCC2. The lowest BCUT2D eigenvalue weighted by Gasteiger charge is -2.30. The molecule has 0 spiro atoms. The maximum Gasteiger partial charge on any atom is 0.139 e. The smallest absolute Gasteiger partial charge is 0.139 e. The Morgan fingerprint density at radius 3 is 2.86 bits per heavy atom. The van der Waals surface area contributed by atoms with Gasteiger partial charge in [-0.05, 0) is 50.7 Å². The highest BCUT2D eigenvalue weighted by Gasteiger charge is 2.30. The van der Waals surface area contributed by atoms with Gasteiger partial charge in [-0.2, -0.15) is 0 Å². The first-order valence-corrected chi connectivity index (χ1v) is 7.79. The molecule has 2 unspecified atom stereocenters. The summed E-state index contributed by atoms with van der Waals surface area (Å²) in [5.74, 6) is 0.940. The first kappa shape index (κ1) is 14.3. The minimum absolute atomic E-state index is 0.101. The fraction of sp³-hybridized carbons (Fsp3) is 0.625. The summed E-state index contributed by atoms with van der Waals surface area (Å²) in [4.78, 5) is 7.02. The van der Waals surface area contributed by atoms with Crippen molar-refractivity contribution in [3.05, 3.63) is 22.9 Å². The lowest BCUT2D eigenvalue weighted by atomic mass is 9.94. The van der Waals surface area contributed by atoms with E-state index in [2.05, 4.69) is 17.9 Å². The van der Waals surface area contributed by atoms with Crippen LogP contribution in [0.5, 0.6) is 0 Å². The van der Waals surface area contributed by atoms with Crippen molar-refractivity contribution in [1.82, 2.24) is 4.98 Å². The van der Waals surface area contributed by atoms with Crippen LogP contribution in [0.2, 0.25) is 0 Å². The number of likely N-dealkylation sites (N-methyl/N-ethyl adjacent to an activating group) is 1. The van der Waals surface area contributed by atoms with Crippen LogP contribution in [0.1, 0.15) is 43.0 Å². The molecule has 1 aliphatic carbocycles. The fourth-order valence-electron chi connectivity index (χ4n) is 3.48. The molecule has 0 saturated carbocycles. The predicted molar refractivity (Wildman–Crippen MR) is 84.1 cm³/mol. The van der Waals surface area contributed by atoms with Crippen LogP contribution in [-0.4, -0.2) is 36.6 Å². The number of pyridine rings is 1. The second kappa shape index (κ2) is 5.64. The van der Waals surface area contributed by atoms with Gasteiger partial charge >= 0.3 is 0 Å². The standard InChI is InChI=1S/C16H24N4O/c1-10-14(7-8-21-10)20(2)16-12(15(17)18)9-11-5-3-4-6-13(11)19-16/h9-10,14H,3-8H2,1-2H3,(H3,17,18). The zero-order valence-electron chi connectivity index (χ0n) is 12.9. The third kappa shape index (κ3) is 2.62.